The van der Waals surface area contributed by atoms with Crippen molar-refractivity contribution in [1.29, 1.82) is 0 Å². The summed E-state index contributed by atoms with van der Waals surface area (Å²) in [7, 11) is 1.81. The van der Waals surface area contributed by atoms with E-state index in [-0.39, 0.29) is 23.6 Å². The number of benzene rings is 2. The maximum absolute atomic E-state index is 12.4. The van der Waals surface area contributed by atoms with Crippen molar-refractivity contribution < 1.29 is 9.21 Å². The third kappa shape index (κ3) is 3.77. The number of anilines is 1. The summed E-state index contributed by atoms with van der Waals surface area (Å²) in [6.07, 6.45) is 0. The van der Waals surface area contributed by atoms with Gasteiger partial charge in [0.2, 0.25) is 11.5 Å². The van der Waals surface area contributed by atoms with E-state index in [0.29, 0.717) is 23.5 Å². The molecule has 2 N–H and O–H groups in total. The fourth-order valence-electron chi connectivity index (χ4n) is 3.36. The summed E-state index contributed by atoms with van der Waals surface area (Å²) >= 11 is 0. The summed E-state index contributed by atoms with van der Waals surface area (Å²) in [6, 6.07) is 13.2. The van der Waals surface area contributed by atoms with Crippen molar-refractivity contribution in [2.75, 3.05) is 18.9 Å². The number of amides is 1. The summed E-state index contributed by atoms with van der Waals surface area (Å²) in [6.45, 7) is 4.48. The lowest BCUT2D eigenvalue weighted by atomic mass is 10.1. The number of furan rings is 1. The molecule has 4 rings (SSSR count). The van der Waals surface area contributed by atoms with Crippen LogP contribution in [0, 0.1) is 13.8 Å². The Hall–Kier alpha value is -3.45. The molecule has 0 aliphatic heterocycles. The first kappa shape index (κ1) is 18.9. The second-order valence-electron chi connectivity index (χ2n) is 7.26. The number of aromatic amines is 1. The minimum Gasteiger partial charge on any atom is -0.449 e. The molecule has 0 saturated heterocycles. The van der Waals surface area contributed by atoms with Gasteiger partial charge in [-0.25, -0.2) is 4.98 Å². The highest BCUT2D eigenvalue weighted by atomic mass is 16.3. The molecule has 0 saturated carbocycles. The van der Waals surface area contributed by atoms with E-state index in [2.05, 4.69) is 15.3 Å². The van der Waals surface area contributed by atoms with Crippen molar-refractivity contribution in [2.24, 2.45) is 0 Å². The SMILES string of the molecule is Cc1cccc(NC(=O)CN(C)Cc2nc3c(oc4ccccc43)c(=O)[nH]2)c1C. The minimum absolute atomic E-state index is 0.126. The van der Waals surface area contributed by atoms with E-state index in [1.54, 1.807) is 18.0 Å². The van der Waals surface area contributed by atoms with Crippen molar-refractivity contribution in [2.45, 2.75) is 20.4 Å². The van der Waals surface area contributed by atoms with Crippen LogP contribution in [0.3, 0.4) is 0 Å². The van der Waals surface area contributed by atoms with Crippen LogP contribution < -0.4 is 10.9 Å². The van der Waals surface area contributed by atoms with Crippen molar-refractivity contribution in [1.82, 2.24) is 14.9 Å². The molecule has 7 nitrogen and oxygen atoms in total. The Balaban J connectivity index is 1.50. The number of fused-ring (bicyclic) bond motifs is 3. The van der Waals surface area contributed by atoms with E-state index in [4.69, 9.17) is 4.42 Å². The number of hydrogen-bond acceptors (Lipinski definition) is 5. The zero-order valence-electron chi connectivity index (χ0n) is 16.6. The highest BCUT2D eigenvalue weighted by molar-refractivity contribution is 6.01. The molecule has 4 aromatic rings. The number of carbonyl (C=O) groups is 1. The Bertz CT molecular complexity index is 1270. The smallest absolute Gasteiger partial charge is 0.294 e. The van der Waals surface area contributed by atoms with Crippen LogP contribution in [-0.4, -0.2) is 34.4 Å². The number of H-pyrrole nitrogens is 1. The number of likely N-dealkylation sites (N-methyl/N-ethyl adjacent to an activating group) is 1. The van der Waals surface area contributed by atoms with Crippen molar-refractivity contribution in [3.05, 3.63) is 69.8 Å². The number of para-hydroxylation sites is 1. The quantitative estimate of drug-likeness (QED) is 0.545. The lowest BCUT2D eigenvalue weighted by Gasteiger charge is -2.16. The van der Waals surface area contributed by atoms with Crippen LogP contribution in [0.15, 0.2) is 51.7 Å². The standard InChI is InChI=1S/C22H22N4O3/c1-13-7-6-9-16(14(13)2)23-19(27)12-26(3)11-18-24-20-15-8-4-5-10-17(15)29-21(20)22(28)25-18/h4-10H,11-12H2,1-3H3,(H,23,27)(H,24,25,28). The van der Waals surface area contributed by atoms with Crippen molar-refractivity contribution >= 4 is 33.7 Å². The Morgan fingerprint density at radius 2 is 1.97 bits per heavy atom. The molecule has 0 unspecified atom stereocenters. The van der Waals surface area contributed by atoms with E-state index in [0.717, 1.165) is 22.2 Å². The summed E-state index contributed by atoms with van der Waals surface area (Å²) < 4.78 is 5.61. The minimum atomic E-state index is -0.325. The number of rotatable bonds is 5. The number of aromatic nitrogens is 2. The highest BCUT2D eigenvalue weighted by Crippen LogP contribution is 2.24. The van der Waals surface area contributed by atoms with E-state index in [9.17, 15) is 9.59 Å². The largest absolute Gasteiger partial charge is 0.449 e. The van der Waals surface area contributed by atoms with Gasteiger partial charge in [-0.3, -0.25) is 14.5 Å². The van der Waals surface area contributed by atoms with Gasteiger partial charge in [0.1, 0.15) is 16.9 Å². The molecule has 2 aromatic heterocycles. The highest BCUT2D eigenvalue weighted by Gasteiger charge is 2.15. The summed E-state index contributed by atoms with van der Waals surface area (Å²) in [5.74, 6) is 0.356. The van der Waals surface area contributed by atoms with Gasteiger partial charge in [0.05, 0.1) is 13.1 Å². The lowest BCUT2D eigenvalue weighted by Crippen LogP contribution is -2.31. The maximum atomic E-state index is 12.4. The molecule has 0 aliphatic rings. The molecular weight excluding hydrogens is 368 g/mol. The normalized spacial score (nSPS) is 11.4. The molecule has 1 amide bonds. The van der Waals surface area contributed by atoms with E-state index < -0.39 is 0 Å². The molecule has 0 atom stereocenters. The third-order valence-electron chi connectivity index (χ3n) is 4.99. The fraction of sp³-hybridized carbons (Fsp3) is 0.227. The van der Waals surface area contributed by atoms with E-state index >= 15 is 0 Å². The number of aryl methyl sites for hydroxylation is 1. The van der Waals surface area contributed by atoms with Crippen molar-refractivity contribution in [3.8, 4) is 0 Å². The van der Waals surface area contributed by atoms with Gasteiger partial charge >= 0.3 is 0 Å². The molecule has 0 radical (unpaired) electrons. The number of nitrogens with one attached hydrogen (secondary N) is 2. The number of nitrogens with zero attached hydrogens (tertiary/aromatic N) is 2. The van der Waals surface area contributed by atoms with Crippen LogP contribution in [0.25, 0.3) is 22.1 Å². The van der Waals surface area contributed by atoms with Gasteiger partial charge < -0.3 is 14.7 Å². The topological polar surface area (TPSA) is 91.2 Å². The zero-order chi connectivity index (χ0) is 20.5. The molecule has 2 heterocycles. The van der Waals surface area contributed by atoms with Gasteiger partial charge in [0.15, 0.2) is 0 Å². The Kier molecular flexibility index (Phi) is 4.90. The number of carbonyl (C=O) groups excluding carboxylic acids is 1. The van der Waals surface area contributed by atoms with E-state index in [1.807, 2.05) is 50.2 Å². The fourth-order valence-corrected chi connectivity index (χ4v) is 3.36. The van der Waals surface area contributed by atoms with Gasteiger partial charge in [0.25, 0.3) is 5.56 Å². The predicted octanol–water partition coefficient (Wildman–Crippen LogP) is 3.36. The maximum Gasteiger partial charge on any atom is 0.294 e. The molecule has 2 aromatic carbocycles. The number of hydrogen-bond donors (Lipinski definition) is 2. The second kappa shape index (κ2) is 7.52. The first-order valence-corrected chi connectivity index (χ1v) is 9.37. The average Bonchev–Trinajstić information content (AvgIpc) is 3.05. The Morgan fingerprint density at radius 3 is 2.79 bits per heavy atom. The second-order valence-corrected chi connectivity index (χ2v) is 7.26. The Morgan fingerprint density at radius 1 is 1.17 bits per heavy atom. The molecule has 7 heteroatoms. The molecular formula is C22H22N4O3. The van der Waals surface area contributed by atoms with Gasteiger partial charge in [-0.05, 0) is 50.2 Å². The van der Waals surface area contributed by atoms with Crippen LogP contribution >= 0.6 is 0 Å². The lowest BCUT2D eigenvalue weighted by molar-refractivity contribution is -0.117. The van der Waals surface area contributed by atoms with Crippen molar-refractivity contribution in [3.63, 3.8) is 0 Å². The summed E-state index contributed by atoms with van der Waals surface area (Å²) in [5, 5.41) is 3.74. The van der Waals surface area contributed by atoms with Crippen LogP contribution in [-0.2, 0) is 11.3 Å². The molecule has 29 heavy (non-hydrogen) atoms. The van der Waals surface area contributed by atoms with Crippen LogP contribution in [0.2, 0.25) is 0 Å². The monoisotopic (exact) mass is 390 g/mol. The van der Waals surface area contributed by atoms with E-state index in [1.165, 1.54) is 0 Å². The first-order chi connectivity index (χ1) is 13.9. The molecule has 0 bridgehead atoms. The first-order valence-electron chi connectivity index (χ1n) is 9.37. The van der Waals surface area contributed by atoms with Gasteiger partial charge in [-0.15, -0.1) is 0 Å². The van der Waals surface area contributed by atoms with Crippen LogP contribution in [0.4, 0.5) is 5.69 Å². The van der Waals surface area contributed by atoms with Crippen LogP contribution in [0.1, 0.15) is 17.0 Å². The van der Waals surface area contributed by atoms with Gasteiger partial charge in [0, 0.05) is 11.1 Å². The van der Waals surface area contributed by atoms with Gasteiger partial charge in [-0.2, -0.15) is 0 Å². The average molecular weight is 390 g/mol. The van der Waals surface area contributed by atoms with Crippen LogP contribution in [0.5, 0.6) is 0 Å². The molecule has 0 aliphatic carbocycles. The molecule has 0 spiro atoms. The molecule has 148 valence electrons. The summed E-state index contributed by atoms with van der Waals surface area (Å²) in [4.78, 5) is 33.9. The predicted molar refractivity (Wildman–Crippen MR) is 113 cm³/mol. The zero-order valence-corrected chi connectivity index (χ0v) is 16.6. The Labute approximate surface area is 167 Å². The van der Waals surface area contributed by atoms with Gasteiger partial charge in [-0.1, -0.05) is 24.3 Å². The summed E-state index contributed by atoms with van der Waals surface area (Å²) in [5.41, 5.74) is 4.03. The molecule has 0 fully saturated rings. The third-order valence-corrected chi connectivity index (χ3v) is 4.99.